The Morgan fingerprint density at radius 1 is 1.11 bits per heavy atom. The Morgan fingerprint density at radius 3 is 2.29 bits per heavy atom. The van der Waals surface area contributed by atoms with Crippen molar-refractivity contribution in [2.24, 2.45) is 5.92 Å². The molecule has 9 heteroatoms. The average molecular weight is 410 g/mol. The molecule has 0 aromatic heterocycles. The summed E-state index contributed by atoms with van der Waals surface area (Å²) >= 11 is 0. The lowest BCUT2D eigenvalue weighted by Gasteiger charge is -2.30. The van der Waals surface area contributed by atoms with Gasteiger partial charge in [-0.1, -0.05) is 17.7 Å². The van der Waals surface area contributed by atoms with Crippen molar-refractivity contribution >= 4 is 33.3 Å². The van der Waals surface area contributed by atoms with E-state index in [1.807, 2.05) is 6.92 Å². The zero-order valence-electron chi connectivity index (χ0n) is 16.1. The molecule has 0 unspecified atom stereocenters. The molecule has 0 bridgehead atoms. The maximum atomic E-state index is 12.3. The van der Waals surface area contributed by atoms with E-state index in [0.717, 1.165) is 5.56 Å². The summed E-state index contributed by atoms with van der Waals surface area (Å²) in [5.74, 6) is -3.26. The molecular formula is C19H26N2O6S. The van der Waals surface area contributed by atoms with Gasteiger partial charge in [-0.15, -0.1) is 0 Å². The number of nitrogens with one attached hydrogen (secondary N) is 1. The lowest BCUT2D eigenvalue weighted by molar-refractivity contribution is -0.151. The highest BCUT2D eigenvalue weighted by molar-refractivity contribution is 7.92. The van der Waals surface area contributed by atoms with Crippen LogP contribution in [0.5, 0.6) is 0 Å². The first-order valence-corrected chi connectivity index (χ1v) is 11.0. The van der Waals surface area contributed by atoms with Crippen molar-refractivity contribution in [3.8, 4) is 0 Å². The van der Waals surface area contributed by atoms with E-state index in [4.69, 9.17) is 4.74 Å². The normalized spacial score (nSPS) is 15.1. The molecule has 1 heterocycles. The molecule has 1 aromatic rings. The fourth-order valence-electron chi connectivity index (χ4n) is 2.99. The van der Waals surface area contributed by atoms with Gasteiger partial charge in [0.1, 0.15) is 11.5 Å². The van der Waals surface area contributed by atoms with E-state index in [9.17, 15) is 22.8 Å². The van der Waals surface area contributed by atoms with Gasteiger partial charge in [-0.2, -0.15) is 0 Å². The number of hydrogen-bond donors (Lipinski definition) is 1. The molecule has 2 amide bonds. The Labute approximate surface area is 165 Å². The second-order valence-electron chi connectivity index (χ2n) is 6.85. The number of benzene rings is 1. The van der Waals surface area contributed by atoms with Crippen molar-refractivity contribution in [3.05, 3.63) is 29.8 Å². The van der Waals surface area contributed by atoms with Gasteiger partial charge >= 0.3 is 5.97 Å². The van der Waals surface area contributed by atoms with E-state index in [2.05, 4.69) is 5.32 Å². The highest BCUT2D eigenvalue weighted by atomic mass is 32.2. The van der Waals surface area contributed by atoms with Crippen molar-refractivity contribution in [3.63, 3.8) is 0 Å². The summed E-state index contributed by atoms with van der Waals surface area (Å²) in [5, 5.41) is 2.51. The Balaban J connectivity index is 1.83. The maximum absolute atomic E-state index is 12.3. The van der Waals surface area contributed by atoms with Crippen molar-refractivity contribution in [2.75, 3.05) is 36.5 Å². The van der Waals surface area contributed by atoms with Crippen molar-refractivity contribution in [1.82, 2.24) is 4.90 Å². The zero-order chi connectivity index (χ0) is 20.7. The summed E-state index contributed by atoms with van der Waals surface area (Å²) in [6.45, 7) is 4.54. The minimum atomic E-state index is -3.89. The fourth-order valence-corrected chi connectivity index (χ4v) is 4.12. The van der Waals surface area contributed by atoms with E-state index in [1.54, 1.807) is 31.2 Å². The van der Waals surface area contributed by atoms with Gasteiger partial charge in [0.2, 0.25) is 11.8 Å². The number of piperidine rings is 1. The molecule has 0 radical (unpaired) electrons. The second kappa shape index (κ2) is 9.68. The van der Waals surface area contributed by atoms with Crippen LogP contribution in [0.1, 0.15) is 25.3 Å². The number of carbonyl (C=O) groups excluding carboxylic acids is 3. The first-order valence-electron chi connectivity index (χ1n) is 9.21. The highest BCUT2D eigenvalue weighted by Gasteiger charge is 2.30. The lowest BCUT2D eigenvalue weighted by Crippen LogP contribution is -2.43. The predicted octanol–water partition coefficient (Wildman–Crippen LogP) is 1.15. The van der Waals surface area contributed by atoms with Crippen molar-refractivity contribution in [2.45, 2.75) is 26.7 Å². The number of amides is 2. The minimum absolute atomic E-state index is 0.263. The summed E-state index contributed by atoms with van der Waals surface area (Å²) in [5.41, 5.74) is 1.51. The maximum Gasteiger partial charge on any atom is 0.309 e. The molecular weight excluding hydrogens is 384 g/mol. The molecule has 1 aliphatic heterocycles. The van der Waals surface area contributed by atoms with E-state index in [0.29, 0.717) is 38.2 Å². The summed E-state index contributed by atoms with van der Waals surface area (Å²) < 4.78 is 29.4. The summed E-state index contributed by atoms with van der Waals surface area (Å²) in [4.78, 5) is 37.4. The van der Waals surface area contributed by atoms with Crippen molar-refractivity contribution in [1.29, 1.82) is 0 Å². The Morgan fingerprint density at radius 2 is 1.71 bits per heavy atom. The first kappa shape index (κ1) is 21.9. The number of anilines is 1. The van der Waals surface area contributed by atoms with Gasteiger partial charge in [-0.3, -0.25) is 14.4 Å². The van der Waals surface area contributed by atoms with Gasteiger partial charge in [0.25, 0.3) is 0 Å². The number of ether oxygens (including phenoxy) is 1. The van der Waals surface area contributed by atoms with Gasteiger partial charge in [-0.25, -0.2) is 8.42 Å². The number of aryl methyl sites for hydroxylation is 1. The molecule has 8 nitrogen and oxygen atoms in total. The summed E-state index contributed by atoms with van der Waals surface area (Å²) in [7, 11) is -3.89. The standard InChI is InChI=1S/C19H26N2O6S/c1-3-27-19(24)15-8-10-21(11-9-15)18(23)13-28(25,26)12-17(22)20-16-6-4-14(2)5-7-16/h4-7,15H,3,8-13H2,1-2H3,(H,20,22). The second-order valence-corrected chi connectivity index (χ2v) is 8.92. The number of sulfone groups is 1. The molecule has 1 saturated heterocycles. The molecule has 154 valence electrons. The van der Waals surface area contributed by atoms with Gasteiger partial charge < -0.3 is 15.0 Å². The number of nitrogens with zero attached hydrogens (tertiary/aromatic N) is 1. The quantitative estimate of drug-likeness (QED) is 0.675. The van der Waals surface area contributed by atoms with Crippen LogP contribution in [0.4, 0.5) is 5.69 Å². The van der Waals surface area contributed by atoms with E-state index < -0.39 is 33.2 Å². The Bertz CT molecular complexity index is 811. The number of carbonyl (C=O) groups is 3. The predicted molar refractivity (Wildman–Crippen MR) is 104 cm³/mol. The molecule has 0 atom stereocenters. The fraction of sp³-hybridized carbons (Fsp3) is 0.526. The molecule has 1 aromatic carbocycles. The number of likely N-dealkylation sites (tertiary alicyclic amines) is 1. The number of rotatable bonds is 7. The first-order chi connectivity index (χ1) is 13.2. The van der Waals surface area contributed by atoms with Gasteiger partial charge in [0.15, 0.2) is 9.84 Å². The van der Waals surface area contributed by atoms with E-state index in [-0.39, 0.29) is 11.9 Å². The monoisotopic (exact) mass is 410 g/mol. The Kier molecular flexibility index (Phi) is 7.56. The molecule has 2 rings (SSSR count). The van der Waals surface area contributed by atoms with Crippen LogP contribution in [-0.4, -0.2) is 62.3 Å². The van der Waals surface area contributed by atoms with Crippen LogP contribution in [0.3, 0.4) is 0 Å². The largest absolute Gasteiger partial charge is 0.466 e. The van der Waals surface area contributed by atoms with Crippen LogP contribution in [0.25, 0.3) is 0 Å². The van der Waals surface area contributed by atoms with Crippen LogP contribution in [0.15, 0.2) is 24.3 Å². The topological polar surface area (TPSA) is 110 Å². The van der Waals surface area contributed by atoms with Crippen LogP contribution in [0, 0.1) is 12.8 Å². The van der Waals surface area contributed by atoms with Crippen molar-refractivity contribution < 1.29 is 27.5 Å². The van der Waals surface area contributed by atoms with Crippen LogP contribution in [-0.2, 0) is 29.0 Å². The molecule has 1 fully saturated rings. The van der Waals surface area contributed by atoms with Crippen LogP contribution >= 0.6 is 0 Å². The molecule has 1 aliphatic rings. The third kappa shape index (κ3) is 6.63. The zero-order valence-corrected chi connectivity index (χ0v) is 17.0. The van der Waals surface area contributed by atoms with Crippen LogP contribution in [0.2, 0.25) is 0 Å². The average Bonchev–Trinajstić information content (AvgIpc) is 2.63. The van der Waals surface area contributed by atoms with Gasteiger partial charge in [0, 0.05) is 18.8 Å². The summed E-state index contributed by atoms with van der Waals surface area (Å²) in [6.07, 6.45) is 0.886. The SMILES string of the molecule is CCOC(=O)C1CCN(C(=O)CS(=O)(=O)CC(=O)Nc2ccc(C)cc2)CC1. The van der Waals surface area contributed by atoms with E-state index >= 15 is 0 Å². The smallest absolute Gasteiger partial charge is 0.309 e. The summed E-state index contributed by atoms with van der Waals surface area (Å²) in [6, 6.07) is 6.96. The lowest BCUT2D eigenvalue weighted by atomic mass is 9.97. The highest BCUT2D eigenvalue weighted by Crippen LogP contribution is 2.19. The Hall–Kier alpha value is -2.42. The van der Waals surface area contributed by atoms with Crippen LogP contribution < -0.4 is 5.32 Å². The van der Waals surface area contributed by atoms with E-state index in [1.165, 1.54) is 4.90 Å². The molecule has 1 N–H and O–H groups in total. The third-order valence-electron chi connectivity index (χ3n) is 4.50. The molecule has 28 heavy (non-hydrogen) atoms. The molecule has 0 aliphatic carbocycles. The number of esters is 1. The van der Waals surface area contributed by atoms with Gasteiger partial charge in [-0.05, 0) is 38.8 Å². The number of hydrogen-bond acceptors (Lipinski definition) is 6. The van der Waals surface area contributed by atoms with Gasteiger partial charge in [0.05, 0.1) is 12.5 Å². The molecule has 0 spiro atoms. The minimum Gasteiger partial charge on any atom is -0.466 e. The molecule has 0 saturated carbocycles. The third-order valence-corrected chi connectivity index (χ3v) is 5.89.